The standard InChI is InChI=1S/C24H23N5O/c1-15-7-19-9-17(3-4-22(19)27-12-15)10-21-11-18(5-6-26-21)24(30)29-14-20-13-28-23(25)8-16(20)2/h3-9,11-13H,10,14H2,1-2H3,(H2,25,28)(H,29,30). The molecule has 1 amide bonds. The summed E-state index contributed by atoms with van der Waals surface area (Å²) in [6.45, 7) is 4.38. The van der Waals surface area contributed by atoms with E-state index in [0.717, 1.165) is 38.9 Å². The lowest BCUT2D eigenvalue weighted by atomic mass is 10.0. The van der Waals surface area contributed by atoms with Gasteiger partial charge in [-0.25, -0.2) is 4.98 Å². The van der Waals surface area contributed by atoms with E-state index in [1.807, 2.05) is 32.2 Å². The second-order valence-electron chi connectivity index (χ2n) is 7.47. The monoisotopic (exact) mass is 397 g/mol. The van der Waals surface area contributed by atoms with Crippen molar-refractivity contribution in [2.45, 2.75) is 26.8 Å². The van der Waals surface area contributed by atoms with E-state index in [4.69, 9.17) is 5.73 Å². The molecule has 0 aliphatic rings. The molecule has 150 valence electrons. The van der Waals surface area contributed by atoms with Crippen molar-refractivity contribution in [2.24, 2.45) is 0 Å². The molecule has 0 aliphatic heterocycles. The van der Waals surface area contributed by atoms with E-state index in [1.54, 1.807) is 24.5 Å². The summed E-state index contributed by atoms with van der Waals surface area (Å²) in [4.78, 5) is 25.6. The van der Waals surface area contributed by atoms with E-state index >= 15 is 0 Å². The maximum absolute atomic E-state index is 12.6. The molecular weight excluding hydrogens is 374 g/mol. The maximum atomic E-state index is 12.6. The third-order valence-corrected chi connectivity index (χ3v) is 5.03. The van der Waals surface area contributed by atoms with Gasteiger partial charge in [0.15, 0.2) is 0 Å². The Morgan fingerprint density at radius 3 is 2.70 bits per heavy atom. The predicted octanol–water partition coefficient (Wildman–Crippen LogP) is 3.74. The Bertz CT molecular complexity index is 1240. The molecule has 0 unspecified atom stereocenters. The third-order valence-electron chi connectivity index (χ3n) is 5.03. The van der Waals surface area contributed by atoms with Crippen LogP contribution in [0.3, 0.4) is 0 Å². The molecule has 0 spiro atoms. The van der Waals surface area contributed by atoms with E-state index in [-0.39, 0.29) is 5.91 Å². The molecule has 0 saturated heterocycles. The van der Waals surface area contributed by atoms with Crippen molar-refractivity contribution in [3.8, 4) is 0 Å². The summed E-state index contributed by atoms with van der Waals surface area (Å²) in [5, 5.41) is 4.05. The largest absolute Gasteiger partial charge is 0.384 e. The van der Waals surface area contributed by atoms with Crippen LogP contribution in [0.5, 0.6) is 0 Å². The minimum absolute atomic E-state index is 0.145. The highest BCUT2D eigenvalue weighted by atomic mass is 16.1. The molecule has 3 N–H and O–H groups in total. The quantitative estimate of drug-likeness (QED) is 0.535. The van der Waals surface area contributed by atoms with Crippen LogP contribution in [0, 0.1) is 13.8 Å². The van der Waals surface area contributed by atoms with Gasteiger partial charge in [-0.15, -0.1) is 0 Å². The number of hydrogen-bond donors (Lipinski definition) is 2. The summed E-state index contributed by atoms with van der Waals surface area (Å²) in [5.74, 6) is 0.328. The Morgan fingerprint density at radius 2 is 1.87 bits per heavy atom. The highest BCUT2D eigenvalue weighted by Crippen LogP contribution is 2.18. The second-order valence-corrected chi connectivity index (χ2v) is 7.47. The number of nitrogens with one attached hydrogen (secondary N) is 1. The van der Waals surface area contributed by atoms with Gasteiger partial charge < -0.3 is 11.1 Å². The van der Waals surface area contributed by atoms with Crippen LogP contribution in [0.2, 0.25) is 0 Å². The van der Waals surface area contributed by atoms with Crippen molar-refractivity contribution in [3.05, 3.63) is 94.6 Å². The summed E-state index contributed by atoms with van der Waals surface area (Å²) in [6, 6.07) is 13.7. The number of nitrogen functional groups attached to an aromatic ring is 1. The minimum Gasteiger partial charge on any atom is -0.384 e. The molecule has 0 saturated carbocycles. The van der Waals surface area contributed by atoms with Crippen molar-refractivity contribution in [1.82, 2.24) is 20.3 Å². The molecule has 3 heterocycles. The number of aromatic nitrogens is 3. The molecule has 4 rings (SSSR count). The Balaban J connectivity index is 1.47. The summed E-state index contributed by atoms with van der Waals surface area (Å²) >= 11 is 0. The lowest BCUT2D eigenvalue weighted by molar-refractivity contribution is 0.0950. The highest BCUT2D eigenvalue weighted by molar-refractivity contribution is 5.94. The first-order valence-corrected chi connectivity index (χ1v) is 9.77. The normalized spacial score (nSPS) is 10.9. The van der Waals surface area contributed by atoms with Crippen LogP contribution in [0.4, 0.5) is 5.82 Å². The zero-order valence-electron chi connectivity index (χ0n) is 17.0. The van der Waals surface area contributed by atoms with Gasteiger partial charge in [0.25, 0.3) is 5.91 Å². The molecular formula is C24H23N5O. The highest BCUT2D eigenvalue weighted by Gasteiger charge is 2.09. The molecule has 6 heteroatoms. The summed E-state index contributed by atoms with van der Waals surface area (Å²) in [6.07, 6.45) is 5.88. The lowest BCUT2D eigenvalue weighted by Crippen LogP contribution is -2.23. The first kappa shape index (κ1) is 19.5. The Hall–Kier alpha value is -3.80. The Labute approximate surface area is 175 Å². The second kappa shape index (κ2) is 8.29. The van der Waals surface area contributed by atoms with Crippen molar-refractivity contribution in [2.75, 3.05) is 5.73 Å². The van der Waals surface area contributed by atoms with Gasteiger partial charge in [0, 0.05) is 48.2 Å². The maximum Gasteiger partial charge on any atom is 0.251 e. The van der Waals surface area contributed by atoms with E-state index in [9.17, 15) is 4.79 Å². The number of rotatable bonds is 5. The summed E-state index contributed by atoms with van der Waals surface area (Å²) in [7, 11) is 0. The van der Waals surface area contributed by atoms with E-state index in [0.29, 0.717) is 24.3 Å². The number of aryl methyl sites for hydroxylation is 2. The topological polar surface area (TPSA) is 93.8 Å². The number of nitrogens with two attached hydrogens (primary N) is 1. The van der Waals surface area contributed by atoms with E-state index in [2.05, 4.69) is 38.5 Å². The summed E-state index contributed by atoms with van der Waals surface area (Å²) in [5.41, 5.74) is 12.3. The molecule has 6 nitrogen and oxygen atoms in total. The smallest absolute Gasteiger partial charge is 0.251 e. The number of carbonyl (C=O) groups is 1. The molecule has 1 aromatic carbocycles. The van der Waals surface area contributed by atoms with Crippen LogP contribution in [0.1, 0.15) is 38.3 Å². The molecule has 0 bridgehead atoms. The first-order valence-electron chi connectivity index (χ1n) is 9.77. The van der Waals surface area contributed by atoms with Gasteiger partial charge in [0.1, 0.15) is 5.82 Å². The zero-order valence-corrected chi connectivity index (χ0v) is 17.0. The van der Waals surface area contributed by atoms with Crippen LogP contribution < -0.4 is 11.1 Å². The first-order chi connectivity index (χ1) is 14.5. The van der Waals surface area contributed by atoms with Gasteiger partial charge in [0.05, 0.1) is 5.52 Å². The van der Waals surface area contributed by atoms with E-state index < -0.39 is 0 Å². The van der Waals surface area contributed by atoms with Crippen LogP contribution in [0.15, 0.2) is 61.1 Å². The van der Waals surface area contributed by atoms with Crippen LogP contribution >= 0.6 is 0 Å². The number of anilines is 1. The van der Waals surface area contributed by atoms with Crippen LogP contribution in [0.25, 0.3) is 10.9 Å². The SMILES string of the molecule is Cc1cnc2ccc(Cc3cc(C(=O)NCc4cnc(N)cc4C)ccn3)cc2c1. The number of benzene rings is 1. The van der Waals surface area contributed by atoms with Gasteiger partial charge in [-0.2, -0.15) is 0 Å². The molecule has 0 aliphatic carbocycles. The minimum atomic E-state index is -0.145. The van der Waals surface area contributed by atoms with Crippen molar-refractivity contribution >= 4 is 22.6 Å². The van der Waals surface area contributed by atoms with Gasteiger partial charge in [-0.05, 0) is 72.5 Å². The van der Waals surface area contributed by atoms with Gasteiger partial charge >= 0.3 is 0 Å². The van der Waals surface area contributed by atoms with Crippen LogP contribution in [-0.4, -0.2) is 20.9 Å². The number of nitrogens with zero attached hydrogens (tertiary/aromatic N) is 3. The number of fused-ring (bicyclic) bond motifs is 1. The molecule has 0 atom stereocenters. The molecule has 30 heavy (non-hydrogen) atoms. The average molecular weight is 397 g/mol. The zero-order chi connectivity index (χ0) is 21.1. The molecule has 3 aromatic heterocycles. The van der Waals surface area contributed by atoms with Crippen molar-refractivity contribution in [1.29, 1.82) is 0 Å². The fourth-order valence-corrected chi connectivity index (χ4v) is 3.39. The fourth-order valence-electron chi connectivity index (χ4n) is 3.39. The average Bonchev–Trinajstić information content (AvgIpc) is 2.73. The summed E-state index contributed by atoms with van der Waals surface area (Å²) < 4.78 is 0. The molecule has 0 radical (unpaired) electrons. The third kappa shape index (κ3) is 4.43. The Kier molecular flexibility index (Phi) is 5.39. The number of hydrogen-bond acceptors (Lipinski definition) is 5. The molecule has 0 fully saturated rings. The lowest BCUT2D eigenvalue weighted by Gasteiger charge is -2.09. The number of pyridine rings is 3. The Morgan fingerprint density at radius 1 is 1.00 bits per heavy atom. The van der Waals surface area contributed by atoms with Crippen LogP contribution in [-0.2, 0) is 13.0 Å². The number of amides is 1. The van der Waals surface area contributed by atoms with Crippen molar-refractivity contribution < 1.29 is 4.79 Å². The van der Waals surface area contributed by atoms with Gasteiger partial charge in [0.2, 0.25) is 0 Å². The van der Waals surface area contributed by atoms with E-state index in [1.165, 1.54) is 0 Å². The van der Waals surface area contributed by atoms with Crippen molar-refractivity contribution in [3.63, 3.8) is 0 Å². The van der Waals surface area contributed by atoms with Gasteiger partial charge in [-0.3, -0.25) is 14.8 Å². The molecule has 4 aromatic rings. The predicted molar refractivity (Wildman–Crippen MR) is 118 cm³/mol. The number of carbonyl (C=O) groups excluding carboxylic acids is 1. The van der Waals surface area contributed by atoms with Gasteiger partial charge in [-0.1, -0.05) is 6.07 Å². The fraction of sp³-hybridized carbons (Fsp3) is 0.167.